The first-order valence-corrected chi connectivity index (χ1v) is 6.55. The molecule has 5 nitrogen and oxygen atoms in total. The van der Waals surface area contributed by atoms with Gasteiger partial charge in [-0.3, -0.25) is 9.69 Å². The Labute approximate surface area is 107 Å². The summed E-state index contributed by atoms with van der Waals surface area (Å²) in [7, 11) is 0. The van der Waals surface area contributed by atoms with Gasteiger partial charge >= 0.3 is 5.97 Å². The van der Waals surface area contributed by atoms with Gasteiger partial charge in [0, 0.05) is 19.3 Å². The van der Waals surface area contributed by atoms with Gasteiger partial charge < -0.3 is 9.67 Å². The molecule has 1 unspecified atom stereocenters. The first-order chi connectivity index (χ1) is 8.58. The maximum atomic E-state index is 11.4. The van der Waals surface area contributed by atoms with Crippen LogP contribution in [0.15, 0.2) is 12.5 Å². The molecule has 2 heterocycles. The van der Waals surface area contributed by atoms with Crippen molar-refractivity contribution in [1.82, 2.24) is 14.5 Å². The van der Waals surface area contributed by atoms with E-state index in [0.717, 1.165) is 38.0 Å². The van der Waals surface area contributed by atoms with E-state index in [1.54, 1.807) is 0 Å². The largest absolute Gasteiger partial charge is 0.480 e. The van der Waals surface area contributed by atoms with Gasteiger partial charge in [-0.15, -0.1) is 0 Å². The van der Waals surface area contributed by atoms with Crippen LogP contribution in [0.4, 0.5) is 0 Å². The Balaban J connectivity index is 2.13. The highest BCUT2D eigenvalue weighted by molar-refractivity contribution is 5.78. The molecule has 1 fully saturated rings. The normalized spacial score (nSPS) is 24.6. The molecule has 1 atom stereocenters. The van der Waals surface area contributed by atoms with E-state index in [4.69, 9.17) is 0 Å². The number of aromatic nitrogens is 2. The lowest BCUT2D eigenvalue weighted by Gasteiger charge is -2.31. The quantitative estimate of drug-likeness (QED) is 0.866. The van der Waals surface area contributed by atoms with Gasteiger partial charge in [-0.2, -0.15) is 0 Å². The van der Waals surface area contributed by atoms with E-state index in [2.05, 4.69) is 21.4 Å². The lowest BCUT2D eigenvalue weighted by molar-refractivity contribution is -0.149. The molecule has 1 aliphatic rings. The zero-order valence-corrected chi connectivity index (χ0v) is 11.1. The molecule has 18 heavy (non-hydrogen) atoms. The Kier molecular flexibility index (Phi) is 3.71. The minimum atomic E-state index is -0.721. The number of aliphatic carboxylic acids is 1. The van der Waals surface area contributed by atoms with Crippen LogP contribution in [0.25, 0.3) is 0 Å². The van der Waals surface area contributed by atoms with Crippen molar-refractivity contribution in [1.29, 1.82) is 0 Å². The molecular weight excluding hydrogens is 230 g/mol. The van der Waals surface area contributed by atoms with Crippen molar-refractivity contribution in [3.8, 4) is 0 Å². The van der Waals surface area contributed by atoms with Crippen LogP contribution in [-0.4, -0.2) is 37.6 Å². The maximum Gasteiger partial charge on any atom is 0.323 e. The summed E-state index contributed by atoms with van der Waals surface area (Å²) in [6.07, 6.45) is 6.40. The van der Waals surface area contributed by atoms with Crippen LogP contribution >= 0.6 is 0 Å². The van der Waals surface area contributed by atoms with Gasteiger partial charge in [-0.25, -0.2) is 4.98 Å². The summed E-state index contributed by atoms with van der Waals surface area (Å²) in [5.74, 6) is -0.721. The molecule has 0 spiro atoms. The summed E-state index contributed by atoms with van der Waals surface area (Å²) in [5.41, 5.74) is 0.382. The molecule has 1 saturated heterocycles. The highest BCUT2D eigenvalue weighted by atomic mass is 16.4. The van der Waals surface area contributed by atoms with Crippen LogP contribution in [0, 0.1) is 0 Å². The fraction of sp³-hybridized carbons (Fsp3) is 0.692. The van der Waals surface area contributed by atoms with Crippen molar-refractivity contribution in [3.05, 3.63) is 18.2 Å². The first-order valence-electron chi connectivity index (χ1n) is 6.55. The zero-order valence-electron chi connectivity index (χ0n) is 11.1. The molecule has 0 aliphatic carbocycles. The Bertz CT molecular complexity index is 430. The summed E-state index contributed by atoms with van der Waals surface area (Å²) < 4.78 is 2.11. The number of carboxylic acids is 1. The second-order valence-electron chi connectivity index (χ2n) is 5.18. The Morgan fingerprint density at radius 2 is 2.39 bits per heavy atom. The number of aryl methyl sites for hydroxylation is 1. The average Bonchev–Trinajstić information content (AvgIpc) is 2.90. The zero-order chi connectivity index (χ0) is 13.2. The van der Waals surface area contributed by atoms with Gasteiger partial charge in [0.15, 0.2) is 0 Å². The summed E-state index contributed by atoms with van der Waals surface area (Å²) in [6, 6.07) is 0. The topological polar surface area (TPSA) is 58.4 Å². The maximum absolute atomic E-state index is 11.4. The summed E-state index contributed by atoms with van der Waals surface area (Å²) in [6.45, 7) is 6.40. The van der Waals surface area contributed by atoms with E-state index < -0.39 is 11.5 Å². The summed E-state index contributed by atoms with van der Waals surface area (Å²) in [4.78, 5) is 17.6. The Morgan fingerprint density at radius 3 is 3.06 bits per heavy atom. The number of carbonyl (C=O) groups is 1. The molecule has 0 bridgehead atoms. The average molecular weight is 251 g/mol. The lowest BCUT2D eigenvalue weighted by Crippen LogP contribution is -2.47. The molecule has 0 amide bonds. The number of nitrogens with zero attached hydrogens (tertiary/aromatic N) is 3. The van der Waals surface area contributed by atoms with Gasteiger partial charge in [0.1, 0.15) is 5.54 Å². The van der Waals surface area contributed by atoms with Gasteiger partial charge in [0.2, 0.25) is 0 Å². The molecule has 1 aliphatic heterocycles. The van der Waals surface area contributed by atoms with Gasteiger partial charge in [0.05, 0.1) is 12.0 Å². The van der Waals surface area contributed by atoms with Crippen molar-refractivity contribution in [3.63, 3.8) is 0 Å². The van der Waals surface area contributed by atoms with Crippen LogP contribution in [0.3, 0.4) is 0 Å². The lowest BCUT2D eigenvalue weighted by atomic mass is 9.99. The number of likely N-dealkylation sites (tertiary alicyclic amines) is 1. The molecule has 5 heteroatoms. The van der Waals surface area contributed by atoms with Crippen LogP contribution < -0.4 is 0 Å². The van der Waals surface area contributed by atoms with Gasteiger partial charge in [0.25, 0.3) is 0 Å². The predicted molar refractivity (Wildman–Crippen MR) is 68.2 cm³/mol. The molecule has 0 saturated carbocycles. The number of carboxylic acid groups (broad SMARTS) is 1. The number of rotatable bonds is 5. The number of imidazole rings is 1. The summed E-state index contributed by atoms with van der Waals surface area (Å²) >= 11 is 0. The number of hydrogen-bond acceptors (Lipinski definition) is 3. The van der Waals surface area contributed by atoms with Crippen molar-refractivity contribution < 1.29 is 9.90 Å². The second kappa shape index (κ2) is 5.10. The fourth-order valence-corrected chi connectivity index (χ4v) is 2.63. The minimum Gasteiger partial charge on any atom is -0.480 e. The van der Waals surface area contributed by atoms with Crippen LogP contribution in [0.1, 0.15) is 38.8 Å². The van der Waals surface area contributed by atoms with E-state index in [1.807, 2.05) is 19.4 Å². The molecular formula is C13H21N3O2. The van der Waals surface area contributed by atoms with E-state index in [9.17, 15) is 9.90 Å². The second-order valence-corrected chi connectivity index (χ2v) is 5.18. The van der Waals surface area contributed by atoms with Crippen molar-refractivity contribution >= 4 is 5.97 Å². The van der Waals surface area contributed by atoms with Crippen molar-refractivity contribution in [2.75, 3.05) is 6.54 Å². The molecule has 2 rings (SSSR count). The third-order valence-corrected chi connectivity index (χ3v) is 3.87. The minimum absolute atomic E-state index is 0.669. The fourth-order valence-electron chi connectivity index (χ4n) is 2.63. The smallest absolute Gasteiger partial charge is 0.323 e. The third-order valence-electron chi connectivity index (χ3n) is 3.87. The standard InChI is InChI=1S/C13H21N3O2/c1-3-6-15-10-14-8-11(15)9-16-7-4-5-13(16,2)12(17)18/h8,10H,3-7,9H2,1-2H3,(H,17,18). The Morgan fingerprint density at radius 1 is 1.61 bits per heavy atom. The SMILES string of the molecule is CCCn1cncc1CN1CCCC1(C)C(=O)O. The van der Waals surface area contributed by atoms with E-state index in [-0.39, 0.29) is 0 Å². The van der Waals surface area contributed by atoms with Crippen molar-refractivity contribution in [2.24, 2.45) is 0 Å². The monoisotopic (exact) mass is 251 g/mol. The predicted octanol–water partition coefficient (Wildman–Crippen LogP) is 1.73. The molecule has 1 aromatic heterocycles. The van der Waals surface area contributed by atoms with Gasteiger partial charge in [-0.1, -0.05) is 6.92 Å². The summed E-state index contributed by atoms with van der Waals surface area (Å²) in [5, 5.41) is 9.38. The molecule has 100 valence electrons. The Hall–Kier alpha value is -1.36. The highest BCUT2D eigenvalue weighted by Crippen LogP contribution is 2.30. The van der Waals surface area contributed by atoms with Crippen LogP contribution in [0.2, 0.25) is 0 Å². The molecule has 1 aromatic rings. The molecule has 0 aromatic carbocycles. The van der Waals surface area contributed by atoms with Gasteiger partial charge in [-0.05, 0) is 32.7 Å². The van der Waals surface area contributed by atoms with Crippen molar-refractivity contribution in [2.45, 2.75) is 51.7 Å². The highest BCUT2D eigenvalue weighted by Gasteiger charge is 2.43. The first kappa shape index (κ1) is 13.1. The van der Waals surface area contributed by atoms with E-state index in [1.165, 1.54) is 0 Å². The molecule has 0 radical (unpaired) electrons. The third kappa shape index (κ3) is 2.27. The number of hydrogen-bond donors (Lipinski definition) is 1. The van der Waals surface area contributed by atoms with E-state index >= 15 is 0 Å². The van der Waals surface area contributed by atoms with Crippen LogP contribution in [0.5, 0.6) is 0 Å². The molecule has 1 N–H and O–H groups in total. The van der Waals surface area contributed by atoms with Crippen LogP contribution in [-0.2, 0) is 17.9 Å². The van der Waals surface area contributed by atoms with E-state index in [0.29, 0.717) is 6.54 Å².